The summed E-state index contributed by atoms with van der Waals surface area (Å²) in [5.41, 5.74) is 2.35. The van der Waals surface area contributed by atoms with Gasteiger partial charge in [0.05, 0.1) is 0 Å². The maximum absolute atomic E-state index is 5.52. The molecule has 1 heterocycles. The number of aryl methyl sites for hydroxylation is 2. The fourth-order valence-corrected chi connectivity index (χ4v) is 1.42. The van der Waals surface area contributed by atoms with Crippen molar-refractivity contribution in [1.29, 1.82) is 0 Å². The van der Waals surface area contributed by atoms with Crippen LogP contribution < -0.4 is 4.74 Å². The molecule has 0 radical (unpaired) electrons. The third-order valence-electron chi connectivity index (χ3n) is 1.96. The number of benzene rings is 1. The molecule has 0 aliphatic rings. The van der Waals surface area contributed by atoms with Crippen molar-refractivity contribution in [3.8, 4) is 5.75 Å². The quantitative estimate of drug-likeness (QED) is 0.769. The summed E-state index contributed by atoms with van der Waals surface area (Å²) in [6.07, 6.45) is 1.29. The number of aromatic nitrogens is 2. The summed E-state index contributed by atoms with van der Waals surface area (Å²) in [5.74, 6) is 1.31. The normalized spacial score (nSPS) is 10.3. The van der Waals surface area contributed by atoms with Crippen LogP contribution in [0.25, 0.3) is 0 Å². The Morgan fingerprint density at radius 1 is 1.20 bits per heavy atom. The van der Waals surface area contributed by atoms with Gasteiger partial charge in [0, 0.05) is 0 Å². The molecule has 4 nitrogen and oxygen atoms in total. The SMILES string of the molecule is Cc1cc(C)cc(OCc2nnco2)c1. The van der Waals surface area contributed by atoms with Crippen LogP contribution in [0.15, 0.2) is 29.0 Å². The van der Waals surface area contributed by atoms with Gasteiger partial charge < -0.3 is 9.15 Å². The predicted molar refractivity (Wildman–Crippen MR) is 54.5 cm³/mol. The largest absolute Gasteiger partial charge is 0.484 e. The molecule has 2 rings (SSSR count). The molecule has 0 unspecified atom stereocenters. The van der Waals surface area contributed by atoms with Crippen LogP contribution in [0.1, 0.15) is 17.0 Å². The van der Waals surface area contributed by atoms with Gasteiger partial charge in [-0.05, 0) is 37.1 Å². The van der Waals surface area contributed by atoms with E-state index in [1.165, 1.54) is 17.5 Å². The lowest BCUT2D eigenvalue weighted by molar-refractivity contribution is 0.262. The number of hydrogen-bond acceptors (Lipinski definition) is 4. The van der Waals surface area contributed by atoms with Crippen LogP contribution in [-0.2, 0) is 6.61 Å². The van der Waals surface area contributed by atoms with Crippen molar-refractivity contribution >= 4 is 0 Å². The van der Waals surface area contributed by atoms with Crippen LogP contribution in [0.5, 0.6) is 5.75 Å². The summed E-state index contributed by atoms with van der Waals surface area (Å²) >= 11 is 0. The van der Waals surface area contributed by atoms with E-state index in [9.17, 15) is 0 Å². The Morgan fingerprint density at radius 2 is 1.93 bits per heavy atom. The van der Waals surface area contributed by atoms with Gasteiger partial charge in [-0.15, -0.1) is 10.2 Å². The molecule has 0 aliphatic heterocycles. The second-order valence-electron chi connectivity index (χ2n) is 3.44. The smallest absolute Gasteiger partial charge is 0.253 e. The number of nitrogens with zero attached hydrogens (tertiary/aromatic N) is 2. The number of rotatable bonds is 3. The predicted octanol–water partition coefficient (Wildman–Crippen LogP) is 2.27. The summed E-state index contributed by atoms with van der Waals surface area (Å²) in [6, 6.07) is 6.05. The highest BCUT2D eigenvalue weighted by Crippen LogP contribution is 2.17. The Balaban J connectivity index is 2.05. The Morgan fingerprint density at radius 3 is 2.53 bits per heavy atom. The molecule has 0 aliphatic carbocycles. The maximum Gasteiger partial charge on any atom is 0.253 e. The molecule has 0 fully saturated rings. The molecule has 0 atom stereocenters. The third kappa shape index (κ3) is 2.56. The monoisotopic (exact) mass is 204 g/mol. The van der Waals surface area contributed by atoms with Crippen LogP contribution in [0, 0.1) is 13.8 Å². The lowest BCUT2D eigenvalue weighted by Crippen LogP contribution is -1.96. The van der Waals surface area contributed by atoms with Gasteiger partial charge in [0.1, 0.15) is 5.75 Å². The molecule has 15 heavy (non-hydrogen) atoms. The van der Waals surface area contributed by atoms with Gasteiger partial charge in [0.15, 0.2) is 6.61 Å². The van der Waals surface area contributed by atoms with Gasteiger partial charge in [-0.25, -0.2) is 0 Å². The summed E-state index contributed by atoms with van der Waals surface area (Å²) in [7, 11) is 0. The summed E-state index contributed by atoms with van der Waals surface area (Å²) in [6.45, 7) is 4.38. The molecule has 0 saturated carbocycles. The van der Waals surface area contributed by atoms with E-state index < -0.39 is 0 Å². The highest BCUT2D eigenvalue weighted by molar-refractivity contribution is 5.32. The average Bonchev–Trinajstić information content (AvgIpc) is 2.65. The maximum atomic E-state index is 5.52. The van der Waals surface area contributed by atoms with E-state index >= 15 is 0 Å². The van der Waals surface area contributed by atoms with Crippen molar-refractivity contribution in [3.05, 3.63) is 41.6 Å². The lowest BCUT2D eigenvalue weighted by Gasteiger charge is -2.05. The van der Waals surface area contributed by atoms with Gasteiger partial charge >= 0.3 is 0 Å². The molecular weight excluding hydrogens is 192 g/mol. The zero-order valence-corrected chi connectivity index (χ0v) is 8.73. The Hall–Kier alpha value is -1.84. The number of hydrogen-bond donors (Lipinski definition) is 0. The van der Waals surface area contributed by atoms with E-state index in [2.05, 4.69) is 16.3 Å². The summed E-state index contributed by atoms with van der Waals surface area (Å²) in [4.78, 5) is 0. The fourth-order valence-electron chi connectivity index (χ4n) is 1.42. The van der Waals surface area contributed by atoms with Crippen LogP contribution in [0.4, 0.5) is 0 Å². The van der Waals surface area contributed by atoms with E-state index in [0.717, 1.165) is 5.75 Å². The first kappa shape index (κ1) is 9.71. The minimum atomic E-state index is 0.308. The average molecular weight is 204 g/mol. The zero-order valence-electron chi connectivity index (χ0n) is 8.73. The van der Waals surface area contributed by atoms with E-state index in [1.807, 2.05) is 26.0 Å². The minimum absolute atomic E-state index is 0.308. The highest BCUT2D eigenvalue weighted by Gasteiger charge is 2.01. The van der Waals surface area contributed by atoms with Crippen molar-refractivity contribution in [3.63, 3.8) is 0 Å². The molecule has 0 saturated heterocycles. The first-order valence-corrected chi connectivity index (χ1v) is 4.70. The van der Waals surface area contributed by atoms with Gasteiger partial charge in [-0.1, -0.05) is 6.07 Å². The zero-order chi connectivity index (χ0) is 10.7. The molecule has 1 aromatic carbocycles. The van der Waals surface area contributed by atoms with E-state index in [-0.39, 0.29) is 0 Å². The molecular formula is C11H12N2O2. The first-order chi connectivity index (χ1) is 7.24. The standard InChI is InChI=1S/C11H12N2O2/c1-8-3-9(2)5-10(4-8)14-6-11-13-12-7-15-11/h3-5,7H,6H2,1-2H3. The van der Waals surface area contributed by atoms with Crippen LogP contribution in [-0.4, -0.2) is 10.2 Å². The Kier molecular flexibility index (Phi) is 2.67. The van der Waals surface area contributed by atoms with E-state index in [1.54, 1.807) is 0 Å². The Bertz CT molecular complexity index is 418. The topological polar surface area (TPSA) is 48.2 Å². The number of ether oxygens (including phenoxy) is 1. The van der Waals surface area contributed by atoms with Gasteiger partial charge in [0.25, 0.3) is 5.89 Å². The van der Waals surface area contributed by atoms with Crippen LogP contribution >= 0.6 is 0 Å². The van der Waals surface area contributed by atoms with E-state index in [4.69, 9.17) is 9.15 Å². The van der Waals surface area contributed by atoms with Crippen molar-refractivity contribution < 1.29 is 9.15 Å². The molecule has 4 heteroatoms. The molecule has 78 valence electrons. The van der Waals surface area contributed by atoms with Crippen LogP contribution in [0.2, 0.25) is 0 Å². The van der Waals surface area contributed by atoms with Crippen LogP contribution in [0.3, 0.4) is 0 Å². The molecule has 0 amide bonds. The second kappa shape index (κ2) is 4.13. The van der Waals surface area contributed by atoms with E-state index in [0.29, 0.717) is 12.5 Å². The van der Waals surface area contributed by atoms with Gasteiger partial charge in [0.2, 0.25) is 6.39 Å². The molecule has 0 N–H and O–H groups in total. The van der Waals surface area contributed by atoms with Gasteiger partial charge in [-0.2, -0.15) is 0 Å². The van der Waals surface area contributed by atoms with Crippen molar-refractivity contribution in [2.24, 2.45) is 0 Å². The Labute approximate surface area is 87.9 Å². The lowest BCUT2D eigenvalue weighted by atomic mass is 10.1. The van der Waals surface area contributed by atoms with Crippen molar-refractivity contribution in [2.75, 3.05) is 0 Å². The third-order valence-corrected chi connectivity index (χ3v) is 1.96. The first-order valence-electron chi connectivity index (χ1n) is 4.70. The molecule has 2 aromatic rings. The fraction of sp³-hybridized carbons (Fsp3) is 0.273. The molecule has 0 spiro atoms. The highest BCUT2D eigenvalue weighted by atomic mass is 16.5. The van der Waals surface area contributed by atoms with Crippen molar-refractivity contribution in [1.82, 2.24) is 10.2 Å². The molecule has 1 aromatic heterocycles. The second-order valence-corrected chi connectivity index (χ2v) is 3.44. The van der Waals surface area contributed by atoms with Crippen molar-refractivity contribution in [2.45, 2.75) is 20.5 Å². The van der Waals surface area contributed by atoms with Gasteiger partial charge in [-0.3, -0.25) is 0 Å². The summed E-state index contributed by atoms with van der Waals surface area (Å²) in [5, 5.41) is 7.31. The summed E-state index contributed by atoms with van der Waals surface area (Å²) < 4.78 is 10.5. The molecule has 0 bridgehead atoms. The minimum Gasteiger partial charge on any atom is -0.484 e.